The van der Waals surface area contributed by atoms with Crippen molar-refractivity contribution in [3.05, 3.63) is 58.5 Å². The van der Waals surface area contributed by atoms with E-state index >= 15 is 0 Å². The number of nitrogens with zero attached hydrogens (tertiary/aromatic N) is 2. The summed E-state index contributed by atoms with van der Waals surface area (Å²) < 4.78 is 21.1. The second-order valence-electron chi connectivity index (χ2n) is 5.70. The van der Waals surface area contributed by atoms with Crippen LogP contribution in [-0.2, 0) is 11.3 Å². The van der Waals surface area contributed by atoms with Crippen molar-refractivity contribution < 1.29 is 9.13 Å². The van der Waals surface area contributed by atoms with Crippen LogP contribution in [0.25, 0.3) is 5.70 Å². The van der Waals surface area contributed by atoms with Crippen LogP contribution in [0.3, 0.4) is 0 Å². The Morgan fingerprint density at radius 2 is 2.04 bits per heavy atom. The summed E-state index contributed by atoms with van der Waals surface area (Å²) in [5, 5.41) is 2.58. The number of benzene rings is 1. The first-order valence-electron chi connectivity index (χ1n) is 7.98. The zero-order chi connectivity index (χ0) is 17.8. The quantitative estimate of drug-likeness (QED) is 0.853. The molecule has 2 N–H and O–H groups in total. The number of nitrogens with one attached hydrogen (secondary N) is 2. The minimum atomic E-state index is -0.339. The average Bonchev–Trinajstić information content (AvgIpc) is 2.90. The highest BCUT2D eigenvalue weighted by molar-refractivity contribution is 8.16. The van der Waals surface area contributed by atoms with Crippen molar-refractivity contribution in [2.24, 2.45) is 4.99 Å². The predicted octanol–water partition coefficient (Wildman–Crippen LogP) is 3.72. The monoisotopic (exact) mass is 360 g/mol. The minimum Gasteiger partial charge on any atom is -0.383 e. The molecule has 0 atom stereocenters. The number of methoxy groups -OCH3 is 1. The van der Waals surface area contributed by atoms with Crippen molar-refractivity contribution in [3.8, 4) is 0 Å². The largest absolute Gasteiger partial charge is 0.383 e. The molecule has 0 spiro atoms. The third-order valence-corrected chi connectivity index (χ3v) is 4.82. The van der Waals surface area contributed by atoms with Gasteiger partial charge in [-0.2, -0.15) is 0 Å². The average molecular weight is 360 g/mol. The molecule has 0 saturated carbocycles. The Kier molecular flexibility index (Phi) is 5.45. The zero-order valence-electron chi connectivity index (χ0n) is 14.5. The Balaban J connectivity index is 1.79. The molecule has 1 aliphatic rings. The van der Waals surface area contributed by atoms with Crippen LogP contribution in [0, 0.1) is 19.7 Å². The van der Waals surface area contributed by atoms with Gasteiger partial charge in [0.05, 0.1) is 12.3 Å². The van der Waals surface area contributed by atoms with Gasteiger partial charge in [0, 0.05) is 36.0 Å². The molecule has 1 aliphatic heterocycles. The third-order valence-electron chi connectivity index (χ3n) is 4.05. The number of aliphatic imine (C=N–C) groups is 1. The van der Waals surface area contributed by atoms with E-state index in [0.29, 0.717) is 17.5 Å². The van der Waals surface area contributed by atoms with Gasteiger partial charge in [-0.05, 0) is 32.0 Å². The summed E-state index contributed by atoms with van der Waals surface area (Å²) in [6.45, 7) is 5.67. The van der Waals surface area contributed by atoms with E-state index in [0.717, 1.165) is 17.8 Å². The van der Waals surface area contributed by atoms with Gasteiger partial charge in [-0.25, -0.2) is 9.38 Å². The van der Waals surface area contributed by atoms with E-state index < -0.39 is 0 Å². The van der Waals surface area contributed by atoms with Crippen molar-refractivity contribution in [3.63, 3.8) is 0 Å². The molecule has 0 amide bonds. The van der Waals surface area contributed by atoms with E-state index in [1.807, 2.05) is 5.41 Å². The Hall–Kier alpha value is -2.25. The minimum absolute atomic E-state index is 0.314. The maximum absolute atomic E-state index is 13.7. The number of amidine groups is 1. The van der Waals surface area contributed by atoms with Crippen molar-refractivity contribution in [2.75, 3.05) is 13.7 Å². The van der Waals surface area contributed by atoms with E-state index in [1.165, 1.54) is 29.2 Å². The fourth-order valence-corrected chi connectivity index (χ4v) is 3.41. The van der Waals surface area contributed by atoms with E-state index in [1.54, 1.807) is 25.3 Å². The normalized spacial score (nSPS) is 15.7. The van der Waals surface area contributed by atoms with E-state index in [-0.39, 0.29) is 5.82 Å². The highest BCUT2D eigenvalue weighted by Crippen LogP contribution is 2.27. The molecule has 7 heteroatoms. The standard InChI is InChI=1S/C18H21FN4OS/c1-12-10-14(13(2)23(12)8-9-24-3)17-11-25-18(22-21-17)20-16-7-5-4-6-15(16)19/h4-7,10-11,21H,8-9H2,1-3H3,(H,20,22). The van der Waals surface area contributed by atoms with Gasteiger partial charge in [-0.3, -0.25) is 10.9 Å². The Morgan fingerprint density at radius 1 is 1.24 bits per heavy atom. The number of thioether (sulfide) groups is 1. The first-order chi connectivity index (χ1) is 12.1. The van der Waals surface area contributed by atoms with Crippen molar-refractivity contribution in [1.29, 1.82) is 0 Å². The molecule has 0 saturated heterocycles. The van der Waals surface area contributed by atoms with Gasteiger partial charge in [-0.1, -0.05) is 23.9 Å². The molecule has 0 radical (unpaired) electrons. The number of aromatic nitrogens is 1. The van der Waals surface area contributed by atoms with Crippen molar-refractivity contribution in [1.82, 2.24) is 15.4 Å². The molecule has 2 heterocycles. The summed E-state index contributed by atoms with van der Waals surface area (Å²) in [5.41, 5.74) is 11.0. The van der Waals surface area contributed by atoms with Gasteiger partial charge in [0.1, 0.15) is 11.5 Å². The second-order valence-corrected chi connectivity index (χ2v) is 6.56. The maximum atomic E-state index is 13.7. The molecule has 0 aliphatic carbocycles. The van der Waals surface area contributed by atoms with Crippen LogP contribution < -0.4 is 10.9 Å². The van der Waals surface area contributed by atoms with Crippen molar-refractivity contribution in [2.45, 2.75) is 20.4 Å². The summed E-state index contributed by atoms with van der Waals surface area (Å²) in [7, 11) is 1.71. The van der Waals surface area contributed by atoms with Gasteiger partial charge < -0.3 is 9.30 Å². The lowest BCUT2D eigenvalue weighted by atomic mass is 10.2. The smallest absolute Gasteiger partial charge is 0.185 e. The number of ether oxygens (including phenoxy) is 1. The molecular weight excluding hydrogens is 339 g/mol. The SMILES string of the molecule is COCCn1c(C)cc(C2=CSC(=Nc3ccccc3F)NN2)c1C. The van der Waals surface area contributed by atoms with Crippen LogP contribution in [0.4, 0.5) is 10.1 Å². The zero-order valence-corrected chi connectivity index (χ0v) is 15.3. The molecule has 0 bridgehead atoms. The fourth-order valence-electron chi connectivity index (χ4n) is 2.73. The lowest BCUT2D eigenvalue weighted by molar-refractivity contribution is 0.186. The number of aryl methyl sites for hydroxylation is 1. The molecule has 132 valence electrons. The highest BCUT2D eigenvalue weighted by atomic mass is 32.2. The Morgan fingerprint density at radius 3 is 2.72 bits per heavy atom. The summed E-state index contributed by atoms with van der Waals surface area (Å²) in [4.78, 5) is 4.30. The molecule has 2 aromatic rings. The maximum Gasteiger partial charge on any atom is 0.185 e. The topological polar surface area (TPSA) is 50.6 Å². The van der Waals surface area contributed by atoms with Crippen LogP contribution in [0.5, 0.6) is 0 Å². The third kappa shape index (κ3) is 3.88. The summed E-state index contributed by atoms with van der Waals surface area (Å²) in [6.07, 6.45) is 0. The highest BCUT2D eigenvalue weighted by Gasteiger charge is 2.16. The van der Waals surface area contributed by atoms with Gasteiger partial charge in [0.2, 0.25) is 0 Å². The molecule has 25 heavy (non-hydrogen) atoms. The van der Waals surface area contributed by atoms with Crippen LogP contribution in [-0.4, -0.2) is 23.5 Å². The van der Waals surface area contributed by atoms with Gasteiger partial charge in [-0.15, -0.1) is 0 Å². The molecule has 3 rings (SSSR count). The van der Waals surface area contributed by atoms with Crippen LogP contribution in [0.2, 0.25) is 0 Å². The summed E-state index contributed by atoms with van der Waals surface area (Å²) in [6, 6.07) is 8.60. The number of para-hydroxylation sites is 1. The Labute approximate surface area is 150 Å². The number of rotatable bonds is 5. The van der Waals surface area contributed by atoms with Gasteiger partial charge >= 0.3 is 0 Å². The fraction of sp³-hybridized carbons (Fsp3) is 0.278. The lowest BCUT2D eigenvalue weighted by Gasteiger charge is -2.19. The van der Waals surface area contributed by atoms with Crippen LogP contribution >= 0.6 is 11.8 Å². The van der Waals surface area contributed by atoms with Crippen LogP contribution in [0.15, 0.2) is 40.7 Å². The number of hydrogen-bond donors (Lipinski definition) is 2. The van der Waals surface area contributed by atoms with Crippen LogP contribution in [0.1, 0.15) is 17.0 Å². The molecule has 1 aromatic heterocycles. The second kappa shape index (κ2) is 7.76. The summed E-state index contributed by atoms with van der Waals surface area (Å²) in [5.74, 6) is -0.339. The van der Waals surface area contributed by atoms with Crippen molar-refractivity contribution >= 4 is 28.3 Å². The van der Waals surface area contributed by atoms with Gasteiger partial charge in [0.15, 0.2) is 5.17 Å². The van der Waals surface area contributed by atoms with E-state index in [4.69, 9.17) is 4.74 Å². The van der Waals surface area contributed by atoms with E-state index in [2.05, 4.69) is 40.3 Å². The number of hydrazine groups is 1. The molecular formula is C18H21FN4OS. The number of hydrogen-bond acceptors (Lipinski definition) is 4. The molecule has 1 aromatic carbocycles. The van der Waals surface area contributed by atoms with Gasteiger partial charge in [0.25, 0.3) is 0 Å². The first-order valence-corrected chi connectivity index (χ1v) is 8.86. The Bertz CT molecular complexity index is 828. The molecule has 5 nitrogen and oxygen atoms in total. The predicted molar refractivity (Wildman–Crippen MR) is 101 cm³/mol. The first kappa shape index (κ1) is 17.6. The van der Waals surface area contributed by atoms with E-state index in [9.17, 15) is 4.39 Å². The molecule has 0 unspecified atom stereocenters. The lowest BCUT2D eigenvalue weighted by Crippen LogP contribution is -2.36. The number of halogens is 1. The summed E-state index contributed by atoms with van der Waals surface area (Å²) >= 11 is 1.43. The molecule has 0 fully saturated rings.